The Bertz CT molecular complexity index is 246. The zero-order valence-electron chi connectivity index (χ0n) is 9.60. The van der Waals surface area contributed by atoms with Gasteiger partial charge in [0.1, 0.15) is 0 Å². The van der Waals surface area contributed by atoms with Gasteiger partial charge in [-0.2, -0.15) is 0 Å². The van der Waals surface area contributed by atoms with Crippen LogP contribution in [0.15, 0.2) is 0 Å². The van der Waals surface area contributed by atoms with Crippen LogP contribution < -0.4 is 0 Å². The van der Waals surface area contributed by atoms with E-state index >= 15 is 0 Å². The van der Waals surface area contributed by atoms with Crippen molar-refractivity contribution < 1.29 is 5.11 Å². The molecule has 3 heterocycles. The molecule has 0 radical (unpaired) electrons. The number of rotatable bonds is 0. The zero-order valence-corrected chi connectivity index (χ0v) is 9.60. The number of hydrogen-bond acceptors (Lipinski definition) is 3. The summed E-state index contributed by atoms with van der Waals surface area (Å²) in [7, 11) is 2.20. The molecule has 0 amide bonds. The number of hydrogen-bond donors (Lipinski definition) is 1. The Morgan fingerprint density at radius 1 is 1.13 bits per heavy atom. The predicted molar refractivity (Wildman–Crippen MR) is 59.7 cm³/mol. The first-order chi connectivity index (χ1) is 7.25. The second-order valence-electron chi connectivity index (χ2n) is 5.69. The van der Waals surface area contributed by atoms with Crippen molar-refractivity contribution >= 4 is 0 Å². The van der Waals surface area contributed by atoms with E-state index in [-0.39, 0.29) is 6.10 Å². The molecule has 15 heavy (non-hydrogen) atoms. The molecule has 0 aromatic carbocycles. The molecule has 3 saturated heterocycles. The van der Waals surface area contributed by atoms with Crippen LogP contribution in [0.3, 0.4) is 0 Å². The number of aliphatic hydroxyl groups excluding tert-OH is 1. The lowest BCUT2D eigenvalue weighted by Crippen LogP contribution is -2.64. The standard InChI is InChI=1S/C12H22N2O/c1-13-6-9-7-14-5-3-2-4-11(14)10(8-13)12(9)15/h9-12,15H,2-8H2,1H3/t9-,10+,11+,12-/m0/s1. The van der Waals surface area contributed by atoms with Crippen molar-refractivity contribution in [3.05, 3.63) is 0 Å². The van der Waals surface area contributed by atoms with Crippen molar-refractivity contribution in [1.82, 2.24) is 9.80 Å². The maximum Gasteiger partial charge on any atom is 0.0648 e. The summed E-state index contributed by atoms with van der Waals surface area (Å²) in [6, 6.07) is 0.674. The summed E-state index contributed by atoms with van der Waals surface area (Å²) < 4.78 is 0. The van der Waals surface area contributed by atoms with E-state index in [1.165, 1.54) is 25.8 Å². The molecule has 0 spiro atoms. The average Bonchev–Trinajstić information content (AvgIpc) is 2.21. The lowest BCUT2D eigenvalue weighted by atomic mass is 9.74. The molecule has 3 rings (SSSR count). The highest BCUT2D eigenvalue weighted by Crippen LogP contribution is 2.37. The summed E-state index contributed by atoms with van der Waals surface area (Å²) >= 11 is 0. The number of nitrogens with zero attached hydrogens (tertiary/aromatic N) is 2. The fourth-order valence-corrected chi connectivity index (χ4v) is 3.94. The lowest BCUT2D eigenvalue weighted by molar-refractivity contribution is -0.112. The first kappa shape index (κ1) is 10.1. The molecule has 3 aliphatic heterocycles. The highest BCUT2D eigenvalue weighted by atomic mass is 16.3. The van der Waals surface area contributed by atoms with Crippen LogP contribution in [0, 0.1) is 11.8 Å². The molecule has 86 valence electrons. The highest BCUT2D eigenvalue weighted by molar-refractivity contribution is 5.00. The number of fused-ring (bicyclic) bond motifs is 4. The third-order valence-electron chi connectivity index (χ3n) is 4.62. The fraction of sp³-hybridized carbons (Fsp3) is 1.00. The van der Waals surface area contributed by atoms with Crippen LogP contribution >= 0.6 is 0 Å². The van der Waals surface area contributed by atoms with Gasteiger partial charge in [-0.15, -0.1) is 0 Å². The van der Waals surface area contributed by atoms with Crippen molar-refractivity contribution in [3.63, 3.8) is 0 Å². The van der Waals surface area contributed by atoms with E-state index in [1.54, 1.807) is 0 Å². The van der Waals surface area contributed by atoms with E-state index in [2.05, 4.69) is 16.8 Å². The Hall–Kier alpha value is -0.120. The van der Waals surface area contributed by atoms with Gasteiger partial charge in [0.15, 0.2) is 0 Å². The van der Waals surface area contributed by atoms with Crippen molar-refractivity contribution in [3.8, 4) is 0 Å². The molecule has 0 aliphatic carbocycles. The summed E-state index contributed by atoms with van der Waals surface area (Å²) in [5.41, 5.74) is 0. The Balaban J connectivity index is 1.82. The first-order valence-corrected chi connectivity index (χ1v) is 6.36. The van der Waals surface area contributed by atoms with Crippen molar-refractivity contribution in [1.29, 1.82) is 0 Å². The summed E-state index contributed by atoms with van der Waals surface area (Å²) in [6.07, 6.45) is 4.00. The maximum atomic E-state index is 10.3. The Morgan fingerprint density at radius 2 is 2.00 bits per heavy atom. The molecular weight excluding hydrogens is 188 g/mol. The highest BCUT2D eigenvalue weighted by Gasteiger charge is 2.46. The van der Waals surface area contributed by atoms with Crippen LogP contribution in [0.2, 0.25) is 0 Å². The van der Waals surface area contributed by atoms with Crippen molar-refractivity contribution in [2.75, 3.05) is 33.2 Å². The van der Waals surface area contributed by atoms with Crippen LogP contribution in [0.1, 0.15) is 19.3 Å². The average molecular weight is 210 g/mol. The lowest BCUT2D eigenvalue weighted by Gasteiger charge is -2.54. The Labute approximate surface area is 92.1 Å². The van der Waals surface area contributed by atoms with Gasteiger partial charge in [-0.3, -0.25) is 4.90 Å². The van der Waals surface area contributed by atoms with Gasteiger partial charge >= 0.3 is 0 Å². The normalized spacial score (nSPS) is 47.6. The molecule has 0 aromatic rings. The van der Waals surface area contributed by atoms with E-state index in [0.717, 1.165) is 19.6 Å². The molecule has 3 fully saturated rings. The van der Waals surface area contributed by atoms with E-state index in [4.69, 9.17) is 0 Å². The predicted octanol–water partition coefficient (Wildman–Crippen LogP) is 0.393. The molecule has 4 atom stereocenters. The van der Waals surface area contributed by atoms with Crippen LogP contribution in [-0.2, 0) is 0 Å². The first-order valence-electron chi connectivity index (χ1n) is 6.36. The minimum atomic E-state index is -0.0273. The molecule has 0 aromatic heterocycles. The molecule has 2 bridgehead atoms. The number of piperidine rings is 3. The van der Waals surface area contributed by atoms with Crippen LogP contribution in [-0.4, -0.2) is 60.3 Å². The molecule has 0 unspecified atom stereocenters. The summed E-state index contributed by atoms with van der Waals surface area (Å²) in [4.78, 5) is 5.06. The second kappa shape index (κ2) is 3.72. The SMILES string of the molecule is CN1C[C@H]2CN3CCCC[C@@H]3[C@@H](C1)[C@H]2O. The van der Waals surface area contributed by atoms with E-state index in [1.807, 2.05) is 0 Å². The summed E-state index contributed by atoms with van der Waals surface area (Å²) in [5.74, 6) is 1.02. The monoisotopic (exact) mass is 210 g/mol. The molecular formula is C12H22N2O. The Kier molecular flexibility index (Phi) is 2.49. The zero-order chi connectivity index (χ0) is 10.4. The van der Waals surface area contributed by atoms with Gasteiger partial charge < -0.3 is 10.0 Å². The molecule has 3 heteroatoms. The van der Waals surface area contributed by atoms with Gasteiger partial charge in [-0.1, -0.05) is 6.42 Å². The third kappa shape index (κ3) is 1.61. The van der Waals surface area contributed by atoms with Crippen molar-refractivity contribution in [2.24, 2.45) is 11.8 Å². The fourth-order valence-electron chi connectivity index (χ4n) is 3.94. The Morgan fingerprint density at radius 3 is 2.87 bits per heavy atom. The van der Waals surface area contributed by atoms with Crippen LogP contribution in [0.4, 0.5) is 0 Å². The molecule has 0 saturated carbocycles. The minimum Gasteiger partial charge on any atom is -0.392 e. The third-order valence-corrected chi connectivity index (χ3v) is 4.62. The number of likely N-dealkylation sites (tertiary alicyclic amines) is 1. The minimum absolute atomic E-state index is 0.0273. The number of aliphatic hydroxyl groups is 1. The van der Waals surface area contributed by atoms with Gasteiger partial charge in [-0.05, 0) is 26.4 Å². The van der Waals surface area contributed by atoms with E-state index in [0.29, 0.717) is 17.9 Å². The van der Waals surface area contributed by atoms with Gasteiger partial charge in [0.05, 0.1) is 6.10 Å². The largest absolute Gasteiger partial charge is 0.392 e. The quantitative estimate of drug-likeness (QED) is 0.627. The van der Waals surface area contributed by atoms with E-state index in [9.17, 15) is 5.11 Å². The summed E-state index contributed by atoms with van der Waals surface area (Å²) in [5, 5.41) is 10.3. The molecule has 3 nitrogen and oxygen atoms in total. The second-order valence-corrected chi connectivity index (χ2v) is 5.69. The summed E-state index contributed by atoms with van der Waals surface area (Å²) in [6.45, 7) is 4.58. The van der Waals surface area contributed by atoms with Gasteiger partial charge in [-0.25, -0.2) is 0 Å². The topological polar surface area (TPSA) is 26.7 Å². The molecule has 1 N–H and O–H groups in total. The van der Waals surface area contributed by atoms with Crippen LogP contribution in [0.25, 0.3) is 0 Å². The smallest absolute Gasteiger partial charge is 0.0648 e. The maximum absolute atomic E-state index is 10.3. The van der Waals surface area contributed by atoms with Gasteiger partial charge in [0.2, 0.25) is 0 Å². The molecule has 3 aliphatic rings. The van der Waals surface area contributed by atoms with Crippen LogP contribution in [0.5, 0.6) is 0 Å². The van der Waals surface area contributed by atoms with E-state index < -0.39 is 0 Å². The van der Waals surface area contributed by atoms with Gasteiger partial charge in [0, 0.05) is 37.5 Å². The van der Waals surface area contributed by atoms with Gasteiger partial charge in [0.25, 0.3) is 0 Å². The van der Waals surface area contributed by atoms with Crippen molar-refractivity contribution in [2.45, 2.75) is 31.4 Å².